The fraction of sp³-hybridized carbons (Fsp3) is 0.162. The normalized spacial score (nSPS) is 11.4. The second-order valence-electron chi connectivity index (χ2n) is 11.2. The minimum absolute atomic E-state index is 0.139. The summed E-state index contributed by atoms with van der Waals surface area (Å²) in [6.07, 6.45) is 1.77. The van der Waals surface area contributed by atoms with E-state index in [4.69, 9.17) is 4.98 Å². The van der Waals surface area contributed by atoms with Crippen LogP contribution in [0.25, 0.3) is 50.5 Å². The van der Waals surface area contributed by atoms with Crippen molar-refractivity contribution in [2.45, 2.75) is 39.5 Å². The highest BCUT2D eigenvalue weighted by Crippen LogP contribution is 2.42. The Hall–Kier alpha value is -5.21. The number of nitrogens with zero attached hydrogens (tertiary/aromatic N) is 4. The lowest BCUT2D eigenvalue weighted by Crippen LogP contribution is -2.01. The smallest absolute Gasteiger partial charge is 0.149 e. The van der Waals surface area contributed by atoms with Crippen LogP contribution in [0.15, 0.2) is 103 Å². The van der Waals surface area contributed by atoms with E-state index in [0.717, 1.165) is 50.2 Å². The van der Waals surface area contributed by atoms with Gasteiger partial charge in [-0.3, -0.25) is 9.55 Å². The number of benzene rings is 4. The predicted octanol–water partition coefficient (Wildman–Crippen LogP) is 9.25. The van der Waals surface area contributed by atoms with Crippen LogP contribution in [-0.2, 0) is 0 Å². The van der Waals surface area contributed by atoms with Crippen molar-refractivity contribution in [1.82, 2.24) is 14.5 Å². The molecule has 0 radical (unpaired) electrons. The van der Waals surface area contributed by atoms with Gasteiger partial charge in [0.1, 0.15) is 11.6 Å². The van der Waals surface area contributed by atoms with Gasteiger partial charge < -0.3 is 5.11 Å². The first-order valence-electron chi connectivity index (χ1n) is 14.3. The van der Waals surface area contributed by atoms with Gasteiger partial charge >= 0.3 is 0 Å². The second-order valence-corrected chi connectivity index (χ2v) is 11.2. The number of para-hydroxylation sites is 2. The largest absolute Gasteiger partial charge is 0.507 e. The molecule has 0 aliphatic carbocycles. The molecule has 5 heteroatoms. The third kappa shape index (κ3) is 4.71. The predicted molar refractivity (Wildman–Crippen MR) is 170 cm³/mol. The summed E-state index contributed by atoms with van der Waals surface area (Å²) in [5, 5.41) is 21.7. The Balaban J connectivity index is 1.68. The van der Waals surface area contributed by atoms with Gasteiger partial charge in [-0.25, -0.2) is 4.98 Å². The summed E-state index contributed by atoms with van der Waals surface area (Å²) in [6, 6.07) is 34.3. The molecule has 2 heterocycles. The molecular formula is C37H32N4O. The van der Waals surface area contributed by atoms with Gasteiger partial charge in [-0.2, -0.15) is 5.26 Å². The van der Waals surface area contributed by atoms with Crippen molar-refractivity contribution in [3.8, 4) is 51.3 Å². The summed E-state index contributed by atoms with van der Waals surface area (Å²) in [5.41, 5.74) is 9.29. The Labute approximate surface area is 246 Å². The molecule has 4 aromatic carbocycles. The molecule has 6 rings (SSSR count). The third-order valence-corrected chi connectivity index (χ3v) is 7.78. The van der Waals surface area contributed by atoms with Crippen LogP contribution in [0.1, 0.15) is 56.2 Å². The summed E-state index contributed by atoms with van der Waals surface area (Å²) in [5.74, 6) is 1.32. The molecule has 0 aliphatic rings. The summed E-state index contributed by atoms with van der Waals surface area (Å²) in [6.45, 7) is 8.52. The number of aromatic nitrogens is 3. The van der Waals surface area contributed by atoms with E-state index in [-0.39, 0.29) is 17.6 Å². The number of hydrogen-bond donors (Lipinski definition) is 1. The topological polar surface area (TPSA) is 74.7 Å². The van der Waals surface area contributed by atoms with Crippen LogP contribution in [0.3, 0.4) is 0 Å². The quantitative estimate of drug-likeness (QED) is 0.225. The molecule has 0 unspecified atom stereocenters. The van der Waals surface area contributed by atoms with Crippen LogP contribution in [-0.4, -0.2) is 19.6 Å². The zero-order valence-electron chi connectivity index (χ0n) is 24.2. The maximum absolute atomic E-state index is 11.6. The van der Waals surface area contributed by atoms with Gasteiger partial charge in [-0.05, 0) is 71.5 Å². The van der Waals surface area contributed by atoms with E-state index in [1.807, 2.05) is 84.9 Å². The number of pyridine rings is 1. The van der Waals surface area contributed by atoms with Gasteiger partial charge in [-0.1, -0.05) is 76.2 Å². The monoisotopic (exact) mass is 548 g/mol. The Morgan fingerprint density at radius 1 is 0.762 bits per heavy atom. The molecular weight excluding hydrogens is 516 g/mol. The van der Waals surface area contributed by atoms with Crippen molar-refractivity contribution in [3.05, 3.63) is 120 Å². The van der Waals surface area contributed by atoms with Crippen LogP contribution in [0, 0.1) is 11.3 Å². The number of hydrogen-bond acceptors (Lipinski definition) is 4. The van der Waals surface area contributed by atoms with E-state index < -0.39 is 0 Å². The molecule has 0 aliphatic heterocycles. The first kappa shape index (κ1) is 27.0. The van der Waals surface area contributed by atoms with Crippen molar-refractivity contribution in [2.75, 3.05) is 0 Å². The van der Waals surface area contributed by atoms with Crippen molar-refractivity contribution >= 4 is 11.0 Å². The van der Waals surface area contributed by atoms with E-state index in [1.165, 1.54) is 0 Å². The average molecular weight is 549 g/mol. The summed E-state index contributed by atoms with van der Waals surface area (Å²) in [4.78, 5) is 9.78. The Morgan fingerprint density at radius 2 is 1.55 bits per heavy atom. The van der Waals surface area contributed by atoms with Crippen molar-refractivity contribution in [3.63, 3.8) is 0 Å². The number of phenolic OH excluding ortho intramolecular Hbond substituents is 1. The molecule has 1 N–H and O–H groups in total. The standard InChI is InChI=1S/C37H32N4O/c1-23(2)27-20-30(24(3)4)36(42)32(21-27)37-40-35-29(13-10-15-34(35)41(37)28-11-6-5-7-12-28)31-19-25(16-17-26(31)22-38)33-14-8-9-18-39-33/h5-21,23-24,42H,1-4H3. The fourth-order valence-corrected chi connectivity index (χ4v) is 5.52. The first-order chi connectivity index (χ1) is 20.4. The van der Waals surface area contributed by atoms with E-state index in [2.05, 4.69) is 55.4 Å². The van der Waals surface area contributed by atoms with Crippen LogP contribution < -0.4 is 0 Å². The highest BCUT2D eigenvalue weighted by Gasteiger charge is 2.23. The molecule has 0 bridgehead atoms. The SMILES string of the molecule is CC(C)c1cc(-c2nc3c(-c4cc(-c5ccccn5)ccc4C#N)cccc3n2-c2ccccc2)c(O)c(C(C)C)c1. The van der Waals surface area contributed by atoms with E-state index in [0.29, 0.717) is 17.0 Å². The van der Waals surface area contributed by atoms with Gasteiger partial charge in [0.05, 0.1) is 33.9 Å². The molecule has 0 amide bonds. The molecule has 5 nitrogen and oxygen atoms in total. The van der Waals surface area contributed by atoms with E-state index in [9.17, 15) is 10.4 Å². The molecule has 0 saturated heterocycles. The number of rotatable bonds is 6. The minimum atomic E-state index is 0.139. The molecule has 0 fully saturated rings. The second kappa shape index (κ2) is 11.0. The maximum Gasteiger partial charge on any atom is 0.149 e. The summed E-state index contributed by atoms with van der Waals surface area (Å²) < 4.78 is 2.11. The highest BCUT2D eigenvalue weighted by molar-refractivity contribution is 5.98. The Morgan fingerprint density at radius 3 is 2.24 bits per heavy atom. The number of imidazole rings is 1. The Kier molecular flexibility index (Phi) is 7.06. The van der Waals surface area contributed by atoms with Crippen LogP contribution in [0.4, 0.5) is 0 Å². The van der Waals surface area contributed by atoms with Crippen LogP contribution >= 0.6 is 0 Å². The number of phenols is 1. The van der Waals surface area contributed by atoms with Gasteiger partial charge in [0.15, 0.2) is 0 Å². The van der Waals surface area contributed by atoms with Crippen LogP contribution in [0.2, 0.25) is 0 Å². The molecule has 206 valence electrons. The molecule has 0 saturated carbocycles. The molecule has 6 aromatic rings. The molecule has 0 spiro atoms. The minimum Gasteiger partial charge on any atom is -0.507 e. The zero-order valence-corrected chi connectivity index (χ0v) is 24.2. The molecule has 2 aromatic heterocycles. The maximum atomic E-state index is 11.6. The van der Waals surface area contributed by atoms with Gasteiger partial charge in [-0.15, -0.1) is 0 Å². The molecule has 42 heavy (non-hydrogen) atoms. The lowest BCUT2D eigenvalue weighted by molar-refractivity contribution is 0.466. The number of fused-ring (bicyclic) bond motifs is 1. The third-order valence-electron chi connectivity index (χ3n) is 7.78. The average Bonchev–Trinajstić information content (AvgIpc) is 3.41. The lowest BCUT2D eigenvalue weighted by Gasteiger charge is -2.18. The van der Waals surface area contributed by atoms with Crippen molar-refractivity contribution in [2.24, 2.45) is 0 Å². The first-order valence-corrected chi connectivity index (χ1v) is 14.3. The highest BCUT2D eigenvalue weighted by atomic mass is 16.3. The van der Waals surface area contributed by atoms with Gasteiger partial charge in [0.2, 0.25) is 0 Å². The van der Waals surface area contributed by atoms with Gasteiger partial charge in [0, 0.05) is 28.6 Å². The lowest BCUT2D eigenvalue weighted by atomic mass is 9.91. The van der Waals surface area contributed by atoms with Crippen LogP contribution in [0.5, 0.6) is 5.75 Å². The summed E-state index contributed by atoms with van der Waals surface area (Å²) in [7, 11) is 0. The Bertz CT molecular complexity index is 1950. The van der Waals surface area contributed by atoms with E-state index in [1.54, 1.807) is 6.20 Å². The number of nitriles is 1. The summed E-state index contributed by atoms with van der Waals surface area (Å²) >= 11 is 0. The molecule has 0 atom stereocenters. The van der Waals surface area contributed by atoms with Crippen molar-refractivity contribution < 1.29 is 5.11 Å². The van der Waals surface area contributed by atoms with Gasteiger partial charge in [0.25, 0.3) is 0 Å². The fourth-order valence-electron chi connectivity index (χ4n) is 5.52. The van der Waals surface area contributed by atoms with E-state index >= 15 is 0 Å². The van der Waals surface area contributed by atoms with Crippen molar-refractivity contribution in [1.29, 1.82) is 5.26 Å². The number of aromatic hydroxyl groups is 1. The zero-order chi connectivity index (χ0) is 29.4.